The van der Waals surface area contributed by atoms with Gasteiger partial charge in [0.15, 0.2) is 0 Å². The second-order valence-electron chi connectivity index (χ2n) is 5.68. The predicted molar refractivity (Wildman–Crippen MR) is 98.6 cm³/mol. The lowest BCUT2D eigenvalue weighted by Gasteiger charge is -2.16. The maximum Gasteiger partial charge on any atom is 0.339 e. The van der Waals surface area contributed by atoms with Crippen molar-refractivity contribution >= 4 is 18.0 Å². The SMILES string of the molecule is CCOC(=O)c1c(C=CC(=O)O)ccc(CC)c1-c1ccc(C)cc1. The number of carboxylic acids is 1. The van der Waals surface area contributed by atoms with Crippen molar-refractivity contribution in [2.24, 2.45) is 0 Å². The fourth-order valence-electron chi connectivity index (χ4n) is 2.73. The predicted octanol–water partition coefficient (Wildman–Crippen LogP) is 4.50. The lowest BCUT2D eigenvalue weighted by Crippen LogP contribution is -2.10. The molecule has 0 aliphatic rings. The van der Waals surface area contributed by atoms with Gasteiger partial charge in [0, 0.05) is 6.08 Å². The molecule has 0 heterocycles. The third-order valence-electron chi connectivity index (χ3n) is 3.93. The van der Waals surface area contributed by atoms with Gasteiger partial charge in [-0.3, -0.25) is 0 Å². The Labute approximate surface area is 147 Å². The molecular weight excluding hydrogens is 316 g/mol. The molecule has 130 valence electrons. The second kappa shape index (κ2) is 8.29. The molecule has 2 rings (SSSR count). The third kappa shape index (κ3) is 4.35. The summed E-state index contributed by atoms with van der Waals surface area (Å²) in [7, 11) is 0. The van der Waals surface area contributed by atoms with E-state index in [4.69, 9.17) is 9.84 Å². The van der Waals surface area contributed by atoms with Gasteiger partial charge in [-0.1, -0.05) is 48.9 Å². The highest BCUT2D eigenvalue weighted by atomic mass is 16.5. The maximum absolute atomic E-state index is 12.6. The van der Waals surface area contributed by atoms with Crippen molar-refractivity contribution in [3.05, 3.63) is 64.7 Å². The van der Waals surface area contributed by atoms with Crippen molar-refractivity contribution in [1.29, 1.82) is 0 Å². The van der Waals surface area contributed by atoms with Crippen molar-refractivity contribution < 1.29 is 19.4 Å². The molecule has 4 heteroatoms. The molecule has 0 aliphatic carbocycles. The maximum atomic E-state index is 12.6. The number of benzene rings is 2. The van der Waals surface area contributed by atoms with Gasteiger partial charge in [0.25, 0.3) is 0 Å². The van der Waals surface area contributed by atoms with Crippen molar-refractivity contribution in [3.8, 4) is 11.1 Å². The van der Waals surface area contributed by atoms with Gasteiger partial charge in [-0.25, -0.2) is 9.59 Å². The summed E-state index contributed by atoms with van der Waals surface area (Å²) >= 11 is 0. The van der Waals surface area contributed by atoms with Crippen LogP contribution in [0.25, 0.3) is 17.2 Å². The number of rotatable bonds is 6. The molecule has 2 aromatic rings. The Hall–Kier alpha value is -2.88. The first-order chi connectivity index (χ1) is 12.0. The van der Waals surface area contributed by atoms with Crippen LogP contribution < -0.4 is 0 Å². The van der Waals surface area contributed by atoms with Crippen molar-refractivity contribution in [1.82, 2.24) is 0 Å². The van der Waals surface area contributed by atoms with Gasteiger partial charge >= 0.3 is 11.9 Å². The van der Waals surface area contributed by atoms with Crippen LogP contribution in [-0.2, 0) is 16.0 Å². The van der Waals surface area contributed by atoms with Gasteiger partial charge in [0.2, 0.25) is 0 Å². The van der Waals surface area contributed by atoms with E-state index in [1.165, 1.54) is 6.08 Å². The van der Waals surface area contributed by atoms with Gasteiger partial charge < -0.3 is 9.84 Å². The van der Waals surface area contributed by atoms with Crippen LogP contribution in [0.4, 0.5) is 0 Å². The summed E-state index contributed by atoms with van der Waals surface area (Å²) < 4.78 is 5.24. The Bertz CT molecular complexity index is 801. The van der Waals surface area contributed by atoms with Crippen LogP contribution in [0.5, 0.6) is 0 Å². The molecule has 0 aromatic heterocycles. The monoisotopic (exact) mass is 338 g/mol. The summed E-state index contributed by atoms with van der Waals surface area (Å²) in [5, 5.41) is 8.92. The first kappa shape index (κ1) is 18.5. The summed E-state index contributed by atoms with van der Waals surface area (Å²) in [6.45, 7) is 6.03. The number of carbonyl (C=O) groups is 2. The van der Waals surface area contributed by atoms with E-state index >= 15 is 0 Å². The molecule has 2 aromatic carbocycles. The number of ether oxygens (including phenoxy) is 1. The summed E-state index contributed by atoms with van der Waals surface area (Å²) in [5.74, 6) is -1.51. The number of hydrogen-bond donors (Lipinski definition) is 1. The lowest BCUT2D eigenvalue weighted by atomic mass is 9.89. The van der Waals surface area contributed by atoms with Crippen LogP contribution >= 0.6 is 0 Å². The zero-order valence-corrected chi connectivity index (χ0v) is 14.7. The Kier molecular flexibility index (Phi) is 6.12. The second-order valence-corrected chi connectivity index (χ2v) is 5.68. The minimum absolute atomic E-state index is 0.255. The smallest absolute Gasteiger partial charge is 0.339 e. The first-order valence-corrected chi connectivity index (χ1v) is 8.29. The summed E-state index contributed by atoms with van der Waals surface area (Å²) in [5.41, 5.74) is 4.79. The third-order valence-corrected chi connectivity index (χ3v) is 3.93. The summed E-state index contributed by atoms with van der Waals surface area (Å²) in [4.78, 5) is 23.5. The standard InChI is InChI=1S/C21H22O4/c1-4-15-10-11-17(12-13-18(22)23)20(21(24)25-5-2)19(15)16-8-6-14(3)7-9-16/h6-13H,4-5H2,1-3H3,(H,22,23). The molecule has 0 atom stereocenters. The Morgan fingerprint density at radius 2 is 1.76 bits per heavy atom. The average molecular weight is 338 g/mol. The van der Waals surface area contributed by atoms with Crippen LogP contribution in [0, 0.1) is 6.92 Å². The van der Waals surface area contributed by atoms with Crippen LogP contribution in [0.1, 0.15) is 40.9 Å². The summed E-state index contributed by atoms with van der Waals surface area (Å²) in [6, 6.07) is 11.6. The van der Waals surface area contributed by atoms with Crippen molar-refractivity contribution in [3.63, 3.8) is 0 Å². The molecule has 0 fully saturated rings. The van der Waals surface area contributed by atoms with Gasteiger partial charge in [-0.15, -0.1) is 0 Å². The lowest BCUT2D eigenvalue weighted by molar-refractivity contribution is -0.131. The van der Waals surface area contributed by atoms with E-state index < -0.39 is 11.9 Å². The molecule has 0 saturated carbocycles. The fourth-order valence-corrected chi connectivity index (χ4v) is 2.73. The highest BCUT2D eigenvalue weighted by Crippen LogP contribution is 2.32. The van der Waals surface area contributed by atoms with Gasteiger partial charge in [-0.2, -0.15) is 0 Å². The van der Waals surface area contributed by atoms with Crippen molar-refractivity contribution in [2.75, 3.05) is 6.61 Å². The molecule has 0 amide bonds. The molecule has 0 unspecified atom stereocenters. The summed E-state index contributed by atoms with van der Waals surface area (Å²) in [6.07, 6.45) is 3.22. The van der Waals surface area contributed by atoms with Gasteiger partial charge in [0.05, 0.1) is 12.2 Å². The number of aliphatic carboxylic acids is 1. The minimum atomic E-state index is -1.06. The quantitative estimate of drug-likeness (QED) is 0.622. The first-order valence-electron chi connectivity index (χ1n) is 8.29. The number of carbonyl (C=O) groups excluding carboxylic acids is 1. The van der Waals surface area contributed by atoms with E-state index in [-0.39, 0.29) is 6.61 Å². The van der Waals surface area contributed by atoms with Crippen LogP contribution in [0.15, 0.2) is 42.5 Å². The topological polar surface area (TPSA) is 63.6 Å². The van der Waals surface area contributed by atoms with E-state index in [0.29, 0.717) is 11.1 Å². The highest BCUT2D eigenvalue weighted by molar-refractivity contribution is 6.02. The average Bonchev–Trinajstić information content (AvgIpc) is 2.60. The van der Waals surface area contributed by atoms with E-state index in [9.17, 15) is 9.59 Å². The molecular formula is C21H22O4. The number of carboxylic acid groups (broad SMARTS) is 1. The molecule has 1 N–H and O–H groups in total. The molecule has 25 heavy (non-hydrogen) atoms. The number of aryl methyl sites for hydroxylation is 2. The van der Waals surface area contributed by atoms with E-state index in [1.54, 1.807) is 13.0 Å². The Balaban J connectivity index is 2.75. The number of esters is 1. The Morgan fingerprint density at radius 3 is 2.32 bits per heavy atom. The van der Waals surface area contributed by atoms with E-state index in [0.717, 1.165) is 34.8 Å². The zero-order valence-electron chi connectivity index (χ0n) is 14.7. The largest absolute Gasteiger partial charge is 0.478 e. The molecule has 0 spiro atoms. The molecule has 0 aliphatic heterocycles. The Morgan fingerprint density at radius 1 is 1.08 bits per heavy atom. The molecule has 0 bridgehead atoms. The van der Waals surface area contributed by atoms with Gasteiger partial charge in [0.1, 0.15) is 0 Å². The van der Waals surface area contributed by atoms with Crippen LogP contribution in [-0.4, -0.2) is 23.7 Å². The zero-order chi connectivity index (χ0) is 18.4. The number of hydrogen-bond acceptors (Lipinski definition) is 3. The minimum Gasteiger partial charge on any atom is -0.478 e. The normalized spacial score (nSPS) is 10.8. The molecule has 0 radical (unpaired) electrons. The van der Waals surface area contributed by atoms with Crippen molar-refractivity contribution in [2.45, 2.75) is 27.2 Å². The fraction of sp³-hybridized carbons (Fsp3) is 0.238. The molecule has 0 saturated heterocycles. The van der Waals surface area contributed by atoms with Crippen LogP contribution in [0.2, 0.25) is 0 Å². The van der Waals surface area contributed by atoms with Gasteiger partial charge in [-0.05, 0) is 48.6 Å². The van der Waals surface area contributed by atoms with E-state index in [1.807, 2.05) is 44.2 Å². The van der Waals surface area contributed by atoms with Crippen LogP contribution in [0.3, 0.4) is 0 Å². The van der Waals surface area contributed by atoms with E-state index in [2.05, 4.69) is 0 Å². The highest BCUT2D eigenvalue weighted by Gasteiger charge is 2.20. The molecule has 4 nitrogen and oxygen atoms in total.